The largest absolute Gasteiger partial charge is 0.354 e. The summed E-state index contributed by atoms with van der Waals surface area (Å²) in [5.74, 6) is 0. The van der Waals surface area contributed by atoms with Gasteiger partial charge in [0.25, 0.3) is 0 Å². The number of aromatic amines is 4. The molecule has 56 heavy (non-hydrogen) atoms. The van der Waals surface area contributed by atoms with Gasteiger partial charge in [0.2, 0.25) is 0 Å². The standard InChI is InChI=1S/C48H44N8/c1-5-29-17-21-49-41(25-29)45-33-9-11-35(53-33)46(42-26-30(6-2)18-22-50-42)37-13-15-39(55-37)48(44-28-32(8-4)20-24-52-44)40-16-14-38(56-40)47(36-12-10-34(45)54-36)43-27-31(7-3)19-23-51-43/h9-28,53-56H,5-8H2,1-4H3. The van der Waals surface area contributed by atoms with E-state index in [0.29, 0.717) is 0 Å². The summed E-state index contributed by atoms with van der Waals surface area (Å²) in [5.41, 5.74) is 16.1. The maximum atomic E-state index is 4.94. The SMILES string of the molecule is CCc1ccnc(C2=c3ccc([nH]3)=C(c3cc(CC)ccn3)c3ccc([nH]3)C(c3cc(CC)ccn3)=c3ccc([nH]3)=C(c3cc(CC)ccn3)c3ccc2[nH]3)c1. The van der Waals surface area contributed by atoms with Gasteiger partial charge in [-0.1, -0.05) is 27.7 Å². The van der Waals surface area contributed by atoms with Gasteiger partial charge in [0, 0.05) is 47.1 Å². The molecule has 0 amide bonds. The molecule has 0 radical (unpaired) electrons. The van der Waals surface area contributed by atoms with E-state index in [1.165, 1.54) is 22.3 Å². The molecule has 8 heteroatoms. The second-order valence-corrected chi connectivity index (χ2v) is 14.3. The predicted octanol–water partition coefficient (Wildman–Crippen LogP) is 6.13. The first-order chi connectivity index (χ1) is 27.5. The highest BCUT2D eigenvalue weighted by molar-refractivity contribution is 5.83. The summed E-state index contributed by atoms with van der Waals surface area (Å²) in [5, 5.41) is 3.78. The third-order valence-electron chi connectivity index (χ3n) is 10.9. The highest BCUT2D eigenvalue weighted by Gasteiger charge is 2.20. The smallest absolute Gasteiger partial charge is 0.0746 e. The van der Waals surface area contributed by atoms with Crippen molar-refractivity contribution in [1.29, 1.82) is 0 Å². The molecule has 8 aromatic rings. The van der Waals surface area contributed by atoms with Gasteiger partial charge in [-0.2, -0.15) is 0 Å². The minimum absolute atomic E-state index is 0.887. The van der Waals surface area contributed by atoms with Crippen LogP contribution in [-0.2, 0) is 25.7 Å². The summed E-state index contributed by atoms with van der Waals surface area (Å²) in [7, 11) is 0. The van der Waals surface area contributed by atoms with E-state index in [1.807, 2.05) is 24.8 Å². The van der Waals surface area contributed by atoms with Crippen LogP contribution in [0.3, 0.4) is 0 Å². The van der Waals surface area contributed by atoms with Crippen LogP contribution >= 0.6 is 0 Å². The van der Waals surface area contributed by atoms with Crippen LogP contribution in [0.4, 0.5) is 0 Å². The van der Waals surface area contributed by atoms with Gasteiger partial charge in [0.1, 0.15) is 0 Å². The van der Waals surface area contributed by atoms with Crippen LogP contribution in [0.15, 0.2) is 122 Å². The van der Waals surface area contributed by atoms with Gasteiger partial charge in [0.05, 0.1) is 66.9 Å². The van der Waals surface area contributed by atoms with Gasteiger partial charge in [0.15, 0.2) is 0 Å². The maximum Gasteiger partial charge on any atom is 0.0746 e. The number of H-pyrrole nitrogens is 4. The Hall–Kier alpha value is -6.80. The Kier molecular flexibility index (Phi) is 9.23. The number of hydrogen-bond acceptors (Lipinski definition) is 4. The van der Waals surface area contributed by atoms with Crippen molar-refractivity contribution < 1.29 is 0 Å². The minimum atomic E-state index is 0.887. The lowest BCUT2D eigenvalue weighted by atomic mass is 10.1. The van der Waals surface area contributed by atoms with Crippen molar-refractivity contribution in [2.24, 2.45) is 0 Å². The summed E-state index contributed by atoms with van der Waals surface area (Å²) in [6.45, 7) is 8.70. The fourth-order valence-corrected chi connectivity index (χ4v) is 7.75. The number of aryl methyl sites for hydroxylation is 4. The molecule has 8 bridgehead atoms. The highest BCUT2D eigenvalue weighted by Crippen LogP contribution is 2.27. The predicted molar refractivity (Wildman–Crippen MR) is 223 cm³/mol. The molecule has 0 atom stereocenters. The summed E-state index contributed by atoms with van der Waals surface area (Å²) in [6, 6.07) is 34.3. The van der Waals surface area contributed by atoms with Crippen molar-refractivity contribution in [1.82, 2.24) is 39.9 Å². The molecule has 0 aliphatic carbocycles. The van der Waals surface area contributed by atoms with Crippen LogP contribution in [0.5, 0.6) is 0 Å². The third kappa shape index (κ3) is 6.43. The van der Waals surface area contributed by atoms with E-state index in [4.69, 9.17) is 19.9 Å². The average molecular weight is 733 g/mol. The van der Waals surface area contributed by atoms with Crippen molar-refractivity contribution >= 4 is 22.3 Å². The second-order valence-electron chi connectivity index (χ2n) is 14.3. The van der Waals surface area contributed by atoms with E-state index in [0.717, 1.165) is 115 Å². The molecule has 1 aliphatic rings. The summed E-state index contributed by atoms with van der Waals surface area (Å²) < 4.78 is 0. The van der Waals surface area contributed by atoms with Crippen LogP contribution in [0, 0.1) is 0 Å². The fraction of sp³-hybridized carbons (Fsp3) is 0.167. The number of nitrogens with zero attached hydrogens (tertiary/aromatic N) is 4. The van der Waals surface area contributed by atoms with Crippen LogP contribution in [0.2, 0.25) is 0 Å². The molecule has 9 rings (SSSR count). The monoisotopic (exact) mass is 732 g/mol. The highest BCUT2D eigenvalue weighted by atomic mass is 14.8. The Morgan fingerprint density at radius 1 is 0.321 bits per heavy atom. The van der Waals surface area contributed by atoms with Gasteiger partial charge >= 0.3 is 0 Å². The molecule has 0 spiro atoms. The van der Waals surface area contributed by atoms with Crippen molar-refractivity contribution in [2.45, 2.75) is 53.4 Å². The maximum absolute atomic E-state index is 4.94. The summed E-state index contributed by atoms with van der Waals surface area (Å²) >= 11 is 0. The molecule has 8 aromatic heterocycles. The van der Waals surface area contributed by atoms with Crippen molar-refractivity contribution in [3.05, 3.63) is 211 Å². The lowest BCUT2D eigenvalue weighted by Crippen LogP contribution is -2.20. The van der Waals surface area contributed by atoms with E-state index in [-0.39, 0.29) is 0 Å². The zero-order chi connectivity index (χ0) is 38.2. The first-order valence-corrected chi connectivity index (χ1v) is 19.6. The van der Waals surface area contributed by atoms with Gasteiger partial charge < -0.3 is 19.9 Å². The normalized spacial score (nSPS) is 12.8. The van der Waals surface area contributed by atoms with Crippen molar-refractivity contribution in [3.63, 3.8) is 0 Å². The Bertz CT molecular complexity index is 2590. The van der Waals surface area contributed by atoms with Crippen LogP contribution in [0.25, 0.3) is 22.3 Å². The lowest BCUT2D eigenvalue weighted by Gasteiger charge is -2.10. The van der Waals surface area contributed by atoms with Gasteiger partial charge in [-0.25, -0.2) is 0 Å². The second kappa shape index (κ2) is 14.8. The molecular formula is C48H44N8. The Balaban J connectivity index is 1.43. The lowest BCUT2D eigenvalue weighted by molar-refractivity contribution is 1.09. The van der Waals surface area contributed by atoms with Gasteiger partial charge in [-0.05, 0) is 145 Å². The Labute approximate surface area is 325 Å². The number of nitrogens with one attached hydrogen (secondary N) is 4. The number of aromatic nitrogens is 8. The number of fused-ring (bicyclic) bond motifs is 8. The Morgan fingerprint density at radius 2 is 0.571 bits per heavy atom. The molecule has 0 aromatic carbocycles. The van der Waals surface area contributed by atoms with Crippen LogP contribution in [-0.4, -0.2) is 39.9 Å². The van der Waals surface area contributed by atoms with Gasteiger partial charge in [-0.15, -0.1) is 0 Å². The summed E-state index contributed by atoms with van der Waals surface area (Å²) in [4.78, 5) is 35.1. The zero-order valence-electron chi connectivity index (χ0n) is 32.2. The van der Waals surface area contributed by atoms with E-state index >= 15 is 0 Å². The molecule has 276 valence electrons. The molecule has 0 saturated heterocycles. The zero-order valence-corrected chi connectivity index (χ0v) is 32.2. The molecular weight excluding hydrogens is 689 g/mol. The van der Waals surface area contributed by atoms with E-state index in [1.54, 1.807) is 0 Å². The van der Waals surface area contributed by atoms with Gasteiger partial charge in [-0.3, -0.25) is 19.9 Å². The summed E-state index contributed by atoms with van der Waals surface area (Å²) in [6.07, 6.45) is 11.3. The molecule has 9 heterocycles. The number of rotatable bonds is 8. The molecule has 4 N–H and O–H groups in total. The number of pyridine rings is 4. The first kappa shape index (κ1) is 34.9. The van der Waals surface area contributed by atoms with Crippen LogP contribution in [0.1, 0.15) is 95.5 Å². The average Bonchev–Trinajstić information content (AvgIpc) is 4.09. The van der Waals surface area contributed by atoms with E-state index < -0.39 is 0 Å². The minimum Gasteiger partial charge on any atom is -0.354 e. The molecule has 0 unspecified atom stereocenters. The van der Waals surface area contributed by atoms with Crippen LogP contribution < -0.4 is 21.4 Å². The van der Waals surface area contributed by atoms with E-state index in [2.05, 4.69) is 145 Å². The molecule has 0 saturated carbocycles. The Morgan fingerprint density at radius 3 is 0.804 bits per heavy atom. The quantitative estimate of drug-likeness (QED) is 0.151. The molecule has 8 nitrogen and oxygen atoms in total. The number of hydrogen-bond donors (Lipinski definition) is 4. The fourth-order valence-electron chi connectivity index (χ4n) is 7.75. The first-order valence-electron chi connectivity index (χ1n) is 19.6. The van der Waals surface area contributed by atoms with Crippen molar-refractivity contribution in [3.8, 4) is 0 Å². The molecule has 1 aliphatic heterocycles. The van der Waals surface area contributed by atoms with E-state index in [9.17, 15) is 0 Å². The molecule has 0 fully saturated rings. The topological polar surface area (TPSA) is 115 Å². The third-order valence-corrected chi connectivity index (χ3v) is 10.9. The van der Waals surface area contributed by atoms with Crippen molar-refractivity contribution in [2.75, 3.05) is 0 Å².